The second-order valence-corrected chi connectivity index (χ2v) is 3.68. The molecule has 0 spiro atoms. The van der Waals surface area contributed by atoms with Gasteiger partial charge in [0.1, 0.15) is 0 Å². The molecule has 1 aromatic rings. The number of benzene rings is 1. The van der Waals surface area contributed by atoms with Crippen molar-refractivity contribution in [2.24, 2.45) is 5.73 Å². The van der Waals surface area contributed by atoms with Crippen molar-refractivity contribution in [3.8, 4) is 0 Å². The average Bonchev–Trinajstić information content (AvgIpc) is 2.14. The zero-order chi connectivity index (χ0) is 12.5. The normalized spacial score (nSPS) is 11.6. The van der Waals surface area contributed by atoms with Gasteiger partial charge in [-0.3, -0.25) is 10.1 Å². The van der Waals surface area contributed by atoms with Crippen molar-refractivity contribution in [3.63, 3.8) is 0 Å². The van der Waals surface area contributed by atoms with Crippen molar-refractivity contribution < 1.29 is 18.1 Å². The van der Waals surface area contributed by atoms with Gasteiger partial charge in [-0.15, -0.1) is 0 Å². The summed E-state index contributed by atoms with van der Waals surface area (Å²) in [6.45, 7) is -0.346. The maximum Gasteiger partial charge on any atom is 0.417 e. The fourth-order valence-corrected chi connectivity index (χ4v) is 1.92. The van der Waals surface area contributed by atoms with E-state index < -0.39 is 22.4 Å². The van der Waals surface area contributed by atoms with Crippen LogP contribution in [0.15, 0.2) is 16.6 Å². The van der Waals surface area contributed by atoms with Gasteiger partial charge in [0.2, 0.25) is 0 Å². The third-order valence-corrected chi connectivity index (χ3v) is 2.83. The molecule has 0 atom stereocenters. The predicted octanol–water partition coefficient (Wildman–Crippen LogP) is 2.83. The van der Waals surface area contributed by atoms with Crippen LogP contribution in [0.2, 0.25) is 0 Å². The molecule has 16 heavy (non-hydrogen) atoms. The van der Waals surface area contributed by atoms with Gasteiger partial charge in [0.25, 0.3) is 5.69 Å². The molecule has 1 aromatic carbocycles. The van der Waals surface area contributed by atoms with Crippen molar-refractivity contribution in [1.82, 2.24) is 0 Å². The Morgan fingerprint density at radius 3 is 2.38 bits per heavy atom. The Labute approximate surface area is 96.5 Å². The van der Waals surface area contributed by atoms with Gasteiger partial charge in [-0.05, 0) is 22.0 Å². The first-order chi connectivity index (χ1) is 7.29. The van der Waals surface area contributed by atoms with Crippen LogP contribution in [-0.2, 0) is 12.7 Å². The van der Waals surface area contributed by atoms with Crippen LogP contribution in [0.5, 0.6) is 0 Å². The summed E-state index contributed by atoms with van der Waals surface area (Å²) in [6.07, 6.45) is -4.57. The molecule has 0 bridgehead atoms. The van der Waals surface area contributed by atoms with Gasteiger partial charge in [0.05, 0.1) is 16.1 Å². The third-order valence-electron chi connectivity index (χ3n) is 1.92. The number of hydrogen-bond donors (Lipinski definition) is 1. The lowest BCUT2D eigenvalue weighted by molar-refractivity contribution is -0.385. The van der Waals surface area contributed by atoms with Crippen molar-refractivity contribution >= 4 is 21.6 Å². The highest BCUT2D eigenvalue weighted by molar-refractivity contribution is 9.10. The van der Waals surface area contributed by atoms with Crippen molar-refractivity contribution in [3.05, 3.63) is 37.8 Å². The van der Waals surface area contributed by atoms with Gasteiger partial charge in [-0.25, -0.2) is 0 Å². The molecule has 0 saturated carbocycles. The Balaban J connectivity index is 3.46. The van der Waals surface area contributed by atoms with Crippen LogP contribution < -0.4 is 5.73 Å². The molecule has 0 fully saturated rings. The summed E-state index contributed by atoms with van der Waals surface area (Å²) >= 11 is 2.69. The van der Waals surface area contributed by atoms with E-state index in [4.69, 9.17) is 5.73 Å². The highest BCUT2D eigenvalue weighted by Crippen LogP contribution is 2.39. The van der Waals surface area contributed by atoms with E-state index in [1.165, 1.54) is 0 Å². The summed E-state index contributed by atoms with van der Waals surface area (Å²) in [5.74, 6) is 0. The van der Waals surface area contributed by atoms with E-state index in [9.17, 15) is 23.3 Å². The minimum atomic E-state index is -4.57. The van der Waals surface area contributed by atoms with Crippen molar-refractivity contribution in [2.75, 3.05) is 0 Å². The summed E-state index contributed by atoms with van der Waals surface area (Å²) in [4.78, 5) is 9.77. The Hall–Kier alpha value is -1.15. The number of rotatable bonds is 2. The maximum atomic E-state index is 12.5. The molecule has 0 unspecified atom stereocenters. The van der Waals surface area contributed by atoms with Gasteiger partial charge >= 0.3 is 6.18 Å². The van der Waals surface area contributed by atoms with E-state index in [-0.39, 0.29) is 16.6 Å². The lowest BCUT2D eigenvalue weighted by atomic mass is 10.1. The number of nitrogens with two attached hydrogens (primary N) is 1. The second kappa shape index (κ2) is 4.38. The minimum absolute atomic E-state index is 0.167. The molecular formula is C8H6BrF3N2O2. The smallest absolute Gasteiger partial charge is 0.326 e. The van der Waals surface area contributed by atoms with Gasteiger partial charge < -0.3 is 5.73 Å². The second-order valence-electron chi connectivity index (χ2n) is 2.88. The summed E-state index contributed by atoms with van der Waals surface area (Å²) in [5.41, 5.74) is 3.63. The molecule has 0 aliphatic carbocycles. The molecule has 2 N–H and O–H groups in total. The fraction of sp³-hybridized carbons (Fsp3) is 0.250. The van der Waals surface area contributed by atoms with Crippen LogP contribution >= 0.6 is 15.9 Å². The van der Waals surface area contributed by atoms with Crippen LogP contribution in [0.3, 0.4) is 0 Å². The SMILES string of the molecule is NCc1c([N+](=O)[O-])ccc(C(F)(F)F)c1Br. The molecule has 0 amide bonds. The molecular weight excluding hydrogens is 293 g/mol. The van der Waals surface area contributed by atoms with Gasteiger partial charge in [-0.1, -0.05) is 0 Å². The van der Waals surface area contributed by atoms with E-state index in [1.807, 2.05) is 0 Å². The first kappa shape index (κ1) is 12.9. The van der Waals surface area contributed by atoms with Crippen LogP contribution in [0, 0.1) is 10.1 Å². The van der Waals surface area contributed by atoms with Gasteiger partial charge in [0, 0.05) is 17.1 Å². The van der Waals surface area contributed by atoms with Gasteiger partial charge in [0.15, 0.2) is 0 Å². The van der Waals surface area contributed by atoms with Crippen LogP contribution in [0.4, 0.5) is 18.9 Å². The number of alkyl halides is 3. The third kappa shape index (κ3) is 2.33. The largest absolute Gasteiger partial charge is 0.417 e. The topological polar surface area (TPSA) is 69.2 Å². The number of nitrogens with zero attached hydrogens (tertiary/aromatic N) is 1. The predicted molar refractivity (Wildman–Crippen MR) is 53.7 cm³/mol. The summed E-state index contributed by atoms with van der Waals surface area (Å²) < 4.78 is 37.0. The van der Waals surface area contributed by atoms with E-state index in [0.717, 1.165) is 6.07 Å². The van der Waals surface area contributed by atoms with E-state index in [2.05, 4.69) is 15.9 Å². The minimum Gasteiger partial charge on any atom is -0.326 e. The first-order valence-electron chi connectivity index (χ1n) is 4.02. The molecule has 1 rings (SSSR count). The van der Waals surface area contributed by atoms with Crippen molar-refractivity contribution in [1.29, 1.82) is 0 Å². The Morgan fingerprint density at radius 1 is 1.44 bits per heavy atom. The quantitative estimate of drug-likeness (QED) is 0.674. The van der Waals surface area contributed by atoms with Crippen molar-refractivity contribution in [2.45, 2.75) is 12.7 Å². The molecule has 8 heteroatoms. The zero-order valence-corrected chi connectivity index (χ0v) is 9.30. The molecule has 0 aromatic heterocycles. The van der Waals surface area contributed by atoms with Crippen LogP contribution in [0.1, 0.15) is 11.1 Å². The van der Waals surface area contributed by atoms with Crippen LogP contribution in [0.25, 0.3) is 0 Å². The monoisotopic (exact) mass is 298 g/mol. The maximum absolute atomic E-state index is 12.5. The van der Waals surface area contributed by atoms with E-state index in [0.29, 0.717) is 6.07 Å². The molecule has 0 radical (unpaired) electrons. The van der Waals surface area contributed by atoms with Crippen LogP contribution in [-0.4, -0.2) is 4.92 Å². The first-order valence-corrected chi connectivity index (χ1v) is 4.81. The molecule has 4 nitrogen and oxygen atoms in total. The lowest BCUT2D eigenvalue weighted by Gasteiger charge is -2.11. The lowest BCUT2D eigenvalue weighted by Crippen LogP contribution is -2.11. The summed E-state index contributed by atoms with van der Waals surface area (Å²) in [5, 5.41) is 10.5. The zero-order valence-electron chi connectivity index (χ0n) is 7.71. The highest BCUT2D eigenvalue weighted by atomic mass is 79.9. The standard InChI is InChI=1S/C8H6BrF3N2O2/c9-7-4(3-13)6(14(15)16)2-1-5(7)8(10,11)12/h1-2H,3,13H2. The Bertz CT molecular complexity index is 434. The average molecular weight is 299 g/mol. The summed E-state index contributed by atoms with van der Waals surface area (Å²) in [6, 6.07) is 1.46. The number of halogens is 4. The molecule has 0 heterocycles. The van der Waals surface area contributed by atoms with Gasteiger partial charge in [-0.2, -0.15) is 13.2 Å². The molecule has 0 saturated heterocycles. The highest BCUT2D eigenvalue weighted by Gasteiger charge is 2.35. The molecule has 88 valence electrons. The molecule has 0 aliphatic heterocycles. The number of nitro benzene ring substituents is 1. The Kier molecular flexibility index (Phi) is 3.54. The van der Waals surface area contributed by atoms with E-state index in [1.54, 1.807) is 0 Å². The summed E-state index contributed by atoms with van der Waals surface area (Å²) in [7, 11) is 0. The van der Waals surface area contributed by atoms with E-state index >= 15 is 0 Å². The number of nitro groups is 1. The Morgan fingerprint density at radius 2 is 2.00 bits per heavy atom. The number of hydrogen-bond acceptors (Lipinski definition) is 3. The fourth-order valence-electron chi connectivity index (χ4n) is 1.20. The molecule has 0 aliphatic rings.